The predicted octanol–water partition coefficient (Wildman–Crippen LogP) is 2.42. The quantitative estimate of drug-likeness (QED) is 0.904. The minimum absolute atomic E-state index is 0.135. The Hall–Kier alpha value is -0.680. The van der Waals surface area contributed by atoms with Crippen molar-refractivity contribution in [3.8, 4) is 0 Å². The zero-order valence-electron chi connectivity index (χ0n) is 10.2. The Kier molecular flexibility index (Phi) is 5.15. The largest absolute Gasteiger partial charge is 0.381 e. The van der Waals surface area contributed by atoms with Crippen molar-refractivity contribution in [1.29, 1.82) is 0 Å². The van der Waals surface area contributed by atoms with Crippen LogP contribution in [0.1, 0.15) is 25.4 Å². The maximum absolute atomic E-state index is 5.22. The molecule has 0 spiro atoms. The number of hydrogen-bond donors (Lipinski definition) is 1. The van der Waals surface area contributed by atoms with Gasteiger partial charge >= 0.3 is 0 Å². The first-order valence-corrected chi connectivity index (χ1v) is 6.17. The average molecular weight is 288 g/mol. The molecular formula is C11H18BrN3O. The Bertz CT molecular complexity index is 332. The number of aryl methyl sites for hydroxylation is 1. The molecule has 16 heavy (non-hydrogen) atoms. The van der Waals surface area contributed by atoms with Gasteiger partial charge in [0.15, 0.2) is 0 Å². The average Bonchev–Trinajstić information content (AvgIpc) is 2.30. The van der Waals surface area contributed by atoms with Gasteiger partial charge in [0.2, 0.25) is 0 Å². The molecule has 0 aliphatic carbocycles. The van der Waals surface area contributed by atoms with E-state index >= 15 is 0 Å². The van der Waals surface area contributed by atoms with Crippen LogP contribution in [0.4, 0.5) is 5.82 Å². The summed E-state index contributed by atoms with van der Waals surface area (Å²) in [6, 6.07) is 0. The lowest BCUT2D eigenvalue weighted by atomic mass is 10.2. The summed E-state index contributed by atoms with van der Waals surface area (Å²) >= 11 is 3.50. The molecule has 0 aliphatic heterocycles. The summed E-state index contributed by atoms with van der Waals surface area (Å²) < 4.78 is 6.17. The first kappa shape index (κ1) is 13.4. The fraction of sp³-hybridized carbons (Fsp3) is 0.636. The molecule has 0 saturated carbocycles. The standard InChI is InChI=1S/C11H18BrN3O/c1-5-8-10(12)11(13-3)15-9(14-8)6-7(2)16-4/h7H,5-6H2,1-4H3,(H,13,14,15). The van der Waals surface area contributed by atoms with Crippen molar-refractivity contribution < 1.29 is 4.74 Å². The van der Waals surface area contributed by atoms with Gasteiger partial charge in [0.1, 0.15) is 11.6 Å². The van der Waals surface area contributed by atoms with Gasteiger partial charge in [0, 0.05) is 20.6 Å². The number of aromatic nitrogens is 2. The zero-order chi connectivity index (χ0) is 12.1. The van der Waals surface area contributed by atoms with Gasteiger partial charge in [0.05, 0.1) is 16.3 Å². The summed E-state index contributed by atoms with van der Waals surface area (Å²) in [5.41, 5.74) is 1.03. The molecule has 1 heterocycles. The second kappa shape index (κ2) is 6.15. The number of ether oxygens (including phenoxy) is 1. The molecule has 1 rings (SSSR count). The van der Waals surface area contributed by atoms with Gasteiger partial charge in [-0.2, -0.15) is 0 Å². The molecule has 1 aromatic rings. The van der Waals surface area contributed by atoms with Crippen molar-refractivity contribution in [3.05, 3.63) is 16.0 Å². The molecule has 5 heteroatoms. The van der Waals surface area contributed by atoms with Crippen LogP contribution in [0.2, 0.25) is 0 Å². The fourth-order valence-electron chi connectivity index (χ4n) is 1.38. The highest BCUT2D eigenvalue weighted by atomic mass is 79.9. The van der Waals surface area contributed by atoms with Crippen molar-refractivity contribution in [3.63, 3.8) is 0 Å². The van der Waals surface area contributed by atoms with Gasteiger partial charge < -0.3 is 10.1 Å². The van der Waals surface area contributed by atoms with E-state index in [9.17, 15) is 0 Å². The molecule has 0 amide bonds. The maximum atomic E-state index is 5.22. The van der Waals surface area contributed by atoms with Crippen molar-refractivity contribution in [2.75, 3.05) is 19.5 Å². The Morgan fingerprint density at radius 2 is 2.12 bits per heavy atom. The topological polar surface area (TPSA) is 47.0 Å². The predicted molar refractivity (Wildman–Crippen MR) is 68.8 cm³/mol. The minimum atomic E-state index is 0.135. The minimum Gasteiger partial charge on any atom is -0.381 e. The van der Waals surface area contributed by atoms with Gasteiger partial charge in [-0.05, 0) is 29.3 Å². The summed E-state index contributed by atoms with van der Waals surface area (Å²) in [5, 5.41) is 3.06. The first-order valence-electron chi connectivity index (χ1n) is 5.38. The molecule has 0 bridgehead atoms. The third-order valence-electron chi connectivity index (χ3n) is 2.41. The van der Waals surface area contributed by atoms with E-state index in [1.165, 1.54) is 0 Å². The number of nitrogens with one attached hydrogen (secondary N) is 1. The molecule has 1 unspecified atom stereocenters. The highest BCUT2D eigenvalue weighted by molar-refractivity contribution is 9.10. The molecule has 0 fully saturated rings. The van der Waals surface area contributed by atoms with Gasteiger partial charge in [-0.1, -0.05) is 6.92 Å². The van der Waals surface area contributed by atoms with Crippen molar-refractivity contribution in [2.45, 2.75) is 32.8 Å². The molecule has 1 aromatic heterocycles. The number of methoxy groups -OCH3 is 1. The summed E-state index contributed by atoms with van der Waals surface area (Å²) in [7, 11) is 3.55. The molecule has 0 aliphatic rings. The lowest BCUT2D eigenvalue weighted by molar-refractivity contribution is 0.117. The molecule has 4 nitrogen and oxygen atoms in total. The molecule has 0 aromatic carbocycles. The van der Waals surface area contributed by atoms with Crippen LogP contribution in [0.3, 0.4) is 0 Å². The molecule has 90 valence electrons. The summed E-state index contributed by atoms with van der Waals surface area (Å²) in [5.74, 6) is 1.66. The van der Waals surface area contributed by atoms with E-state index in [1.54, 1.807) is 7.11 Å². The summed E-state index contributed by atoms with van der Waals surface area (Å²) in [6.45, 7) is 4.09. The molecular weight excluding hydrogens is 270 g/mol. The second-order valence-corrected chi connectivity index (χ2v) is 4.40. The summed E-state index contributed by atoms with van der Waals surface area (Å²) in [6.07, 6.45) is 1.74. The van der Waals surface area contributed by atoms with Crippen LogP contribution in [0.25, 0.3) is 0 Å². The van der Waals surface area contributed by atoms with Crippen molar-refractivity contribution in [2.24, 2.45) is 0 Å². The normalized spacial score (nSPS) is 12.6. The monoisotopic (exact) mass is 287 g/mol. The number of hydrogen-bond acceptors (Lipinski definition) is 4. The van der Waals surface area contributed by atoms with E-state index in [-0.39, 0.29) is 6.10 Å². The van der Waals surface area contributed by atoms with Crippen molar-refractivity contribution in [1.82, 2.24) is 9.97 Å². The number of anilines is 1. The fourth-order valence-corrected chi connectivity index (χ4v) is 2.03. The number of nitrogens with zero attached hydrogens (tertiary/aromatic N) is 2. The second-order valence-electron chi connectivity index (χ2n) is 3.60. The SMILES string of the molecule is CCc1nc(CC(C)OC)nc(NC)c1Br. The highest BCUT2D eigenvalue weighted by Crippen LogP contribution is 2.24. The van der Waals surface area contributed by atoms with E-state index in [2.05, 4.69) is 38.1 Å². The lowest BCUT2D eigenvalue weighted by Gasteiger charge is -2.12. The Morgan fingerprint density at radius 3 is 2.62 bits per heavy atom. The third kappa shape index (κ3) is 3.15. The van der Waals surface area contributed by atoms with E-state index < -0.39 is 0 Å². The number of halogens is 1. The Balaban J connectivity index is 3.02. The van der Waals surface area contributed by atoms with Gasteiger partial charge in [-0.25, -0.2) is 9.97 Å². The van der Waals surface area contributed by atoms with Crippen LogP contribution in [0, 0.1) is 0 Å². The highest BCUT2D eigenvalue weighted by Gasteiger charge is 2.12. The summed E-state index contributed by atoms with van der Waals surface area (Å²) in [4.78, 5) is 8.95. The van der Waals surface area contributed by atoms with Crippen LogP contribution in [0.15, 0.2) is 4.47 Å². The van der Waals surface area contributed by atoms with Gasteiger partial charge in [-0.15, -0.1) is 0 Å². The molecule has 0 radical (unpaired) electrons. The van der Waals surface area contributed by atoms with Gasteiger partial charge in [0.25, 0.3) is 0 Å². The van der Waals surface area contributed by atoms with Crippen LogP contribution in [-0.4, -0.2) is 30.2 Å². The van der Waals surface area contributed by atoms with E-state index in [4.69, 9.17) is 4.74 Å². The number of rotatable bonds is 5. The Labute approximate surface area is 105 Å². The van der Waals surface area contributed by atoms with Crippen LogP contribution in [0.5, 0.6) is 0 Å². The maximum Gasteiger partial charge on any atom is 0.144 e. The molecule has 1 atom stereocenters. The van der Waals surface area contributed by atoms with Gasteiger partial charge in [-0.3, -0.25) is 0 Å². The van der Waals surface area contributed by atoms with Crippen LogP contribution in [-0.2, 0) is 17.6 Å². The van der Waals surface area contributed by atoms with E-state index in [0.29, 0.717) is 0 Å². The third-order valence-corrected chi connectivity index (χ3v) is 3.24. The molecule has 1 N–H and O–H groups in total. The zero-order valence-corrected chi connectivity index (χ0v) is 11.8. The van der Waals surface area contributed by atoms with E-state index in [0.717, 1.165) is 34.7 Å². The first-order chi connectivity index (χ1) is 7.62. The smallest absolute Gasteiger partial charge is 0.144 e. The molecule has 0 saturated heterocycles. The Morgan fingerprint density at radius 1 is 1.44 bits per heavy atom. The van der Waals surface area contributed by atoms with Crippen molar-refractivity contribution >= 4 is 21.7 Å². The van der Waals surface area contributed by atoms with Crippen LogP contribution >= 0.6 is 15.9 Å². The van der Waals surface area contributed by atoms with Crippen LogP contribution < -0.4 is 5.32 Å². The van der Waals surface area contributed by atoms with E-state index in [1.807, 2.05) is 14.0 Å². The lowest BCUT2D eigenvalue weighted by Crippen LogP contribution is -2.13.